The molecule has 0 aliphatic carbocycles. The molecule has 1 heterocycles. The normalized spacial score (nSPS) is 13.9. The quantitative estimate of drug-likeness (QED) is 0.824. The summed E-state index contributed by atoms with van der Waals surface area (Å²) in [5, 5.41) is 9.24. The summed E-state index contributed by atoms with van der Waals surface area (Å²) in [7, 11) is 0. The van der Waals surface area contributed by atoms with E-state index in [1.54, 1.807) is 12.1 Å². The number of anilines is 1. The second-order valence-corrected chi connectivity index (χ2v) is 5.00. The molecule has 0 amide bonds. The highest BCUT2D eigenvalue weighted by atomic mass is 35.5. The fourth-order valence-electron chi connectivity index (χ4n) is 2.16. The lowest BCUT2D eigenvalue weighted by atomic mass is 10.1. The lowest BCUT2D eigenvalue weighted by Crippen LogP contribution is -2.22. The molecule has 2 aromatic carbocycles. The lowest BCUT2D eigenvalue weighted by Gasteiger charge is -2.18. The highest BCUT2D eigenvalue weighted by Gasteiger charge is 2.24. The van der Waals surface area contributed by atoms with Crippen molar-refractivity contribution in [3.63, 3.8) is 0 Å². The van der Waals surface area contributed by atoms with E-state index in [2.05, 4.69) is 0 Å². The summed E-state index contributed by atoms with van der Waals surface area (Å²) in [5.41, 5.74) is 3.03. The fraction of sp³-hybridized carbons (Fsp3) is 0.0714. The lowest BCUT2D eigenvalue weighted by molar-refractivity contribution is 1.05. The van der Waals surface area contributed by atoms with Crippen molar-refractivity contribution in [2.24, 2.45) is 0 Å². The van der Waals surface area contributed by atoms with E-state index in [1.807, 2.05) is 35.2 Å². The van der Waals surface area contributed by atoms with E-state index in [4.69, 9.17) is 28.6 Å². The van der Waals surface area contributed by atoms with Gasteiger partial charge in [-0.05, 0) is 23.8 Å². The molecule has 18 heavy (non-hydrogen) atoms. The largest absolute Gasteiger partial charge is 0.322 e. The van der Waals surface area contributed by atoms with Crippen LogP contribution < -0.4 is 4.90 Å². The molecule has 3 rings (SSSR count). The number of fused-ring (bicyclic) bond motifs is 1. The van der Waals surface area contributed by atoms with Crippen LogP contribution in [0.4, 0.5) is 5.69 Å². The Balaban J connectivity index is 2.01. The average Bonchev–Trinajstić information content (AvgIpc) is 2.71. The number of benzene rings is 2. The maximum absolute atomic E-state index is 8.20. The Labute approximate surface area is 115 Å². The number of nitrogens with one attached hydrogen (secondary N) is 1. The molecule has 90 valence electrons. The third kappa shape index (κ3) is 1.78. The molecule has 0 saturated heterocycles. The molecule has 0 fully saturated rings. The maximum atomic E-state index is 8.20. The molecule has 0 bridgehead atoms. The molecule has 2 nitrogen and oxygen atoms in total. The van der Waals surface area contributed by atoms with Crippen LogP contribution in [0.5, 0.6) is 0 Å². The second-order valence-electron chi connectivity index (χ2n) is 4.19. The van der Waals surface area contributed by atoms with Gasteiger partial charge in [-0.1, -0.05) is 47.5 Å². The SMILES string of the molecule is N=C1c2ccccc2CN1c1ccc(Cl)c(Cl)c1. The molecule has 0 radical (unpaired) electrons. The minimum atomic E-state index is 0.504. The van der Waals surface area contributed by atoms with E-state index in [0.29, 0.717) is 22.4 Å². The minimum Gasteiger partial charge on any atom is -0.322 e. The van der Waals surface area contributed by atoms with E-state index in [-0.39, 0.29) is 0 Å². The summed E-state index contributed by atoms with van der Waals surface area (Å²) < 4.78 is 0. The van der Waals surface area contributed by atoms with Crippen molar-refractivity contribution >= 4 is 34.7 Å². The van der Waals surface area contributed by atoms with Gasteiger partial charge in [0.2, 0.25) is 0 Å². The first kappa shape index (κ1) is 11.6. The molecule has 0 saturated carbocycles. The zero-order valence-electron chi connectivity index (χ0n) is 9.45. The van der Waals surface area contributed by atoms with Gasteiger partial charge in [0.15, 0.2) is 0 Å². The average molecular weight is 277 g/mol. The summed E-state index contributed by atoms with van der Waals surface area (Å²) >= 11 is 11.9. The molecular weight excluding hydrogens is 267 g/mol. The molecule has 1 N–H and O–H groups in total. The van der Waals surface area contributed by atoms with Crippen LogP contribution in [0.25, 0.3) is 0 Å². The van der Waals surface area contributed by atoms with Crippen molar-refractivity contribution in [1.82, 2.24) is 0 Å². The third-order valence-electron chi connectivity index (χ3n) is 3.09. The number of hydrogen-bond donors (Lipinski definition) is 1. The van der Waals surface area contributed by atoms with E-state index >= 15 is 0 Å². The topological polar surface area (TPSA) is 27.1 Å². The van der Waals surface area contributed by atoms with Crippen molar-refractivity contribution in [2.75, 3.05) is 4.90 Å². The first-order chi connectivity index (χ1) is 8.66. The summed E-state index contributed by atoms with van der Waals surface area (Å²) in [5.74, 6) is 0.504. The number of nitrogens with zero attached hydrogens (tertiary/aromatic N) is 1. The molecule has 1 aliphatic heterocycles. The smallest absolute Gasteiger partial charge is 0.133 e. The summed E-state index contributed by atoms with van der Waals surface area (Å²) in [6.45, 7) is 0.701. The van der Waals surface area contributed by atoms with Gasteiger partial charge >= 0.3 is 0 Å². The summed E-state index contributed by atoms with van der Waals surface area (Å²) in [6.07, 6.45) is 0. The minimum absolute atomic E-state index is 0.504. The number of hydrogen-bond acceptors (Lipinski definition) is 1. The van der Waals surface area contributed by atoms with Gasteiger partial charge in [-0.25, -0.2) is 0 Å². The Morgan fingerprint density at radius 3 is 2.50 bits per heavy atom. The van der Waals surface area contributed by atoms with Gasteiger partial charge in [0.1, 0.15) is 5.84 Å². The van der Waals surface area contributed by atoms with Crippen molar-refractivity contribution in [1.29, 1.82) is 5.41 Å². The van der Waals surface area contributed by atoms with E-state index in [1.165, 1.54) is 0 Å². The molecule has 4 heteroatoms. The molecular formula is C14H10Cl2N2. The molecule has 0 atom stereocenters. The number of amidine groups is 1. The number of rotatable bonds is 1. The Bertz CT molecular complexity index is 637. The molecule has 0 aromatic heterocycles. The Hall–Kier alpha value is -1.51. The maximum Gasteiger partial charge on any atom is 0.133 e. The monoisotopic (exact) mass is 276 g/mol. The standard InChI is InChI=1S/C14H10Cl2N2/c15-12-6-5-10(7-13(12)16)18-8-9-3-1-2-4-11(9)14(18)17/h1-7,17H,8H2. The van der Waals surface area contributed by atoms with Gasteiger partial charge in [0.25, 0.3) is 0 Å². The van der Waals surface area contributed by atoms with Gasteiger partial charge in [0.05, 0.1) is 16.6 Å². The first-order valence-electron chi connectivity index (χ1n) is 5.56. The predicted octanol–water partition coefficient (Wildman–Crippen LogP) is 4.34. The Morgan fingerprint density at radius 1 is 1.00 bits per heavy atom. The van der Waals surface area contributed by atoms with Crippen molar-refractivity contribution in [2.45, 2.75) is 6.54 Å². The van der Waals surface area contributed by atoms with Crippen LogP contribution in [0.1, 0.15) is 11.1 Å². The first-order valence-corrected chi connectivity index (χ1v) is 6.32. The van der Waals surface area contributed by atoms with Crippen molar-refractivity contribution in [3.05, 3.63) is 63.6 Å². The third-order valence-corrected chi connectivity index (χ3v) is 3.82. The van der Waals surface area contributed by atoms with Crippen LogP contribution in [0.15, 0.2) is 42.5 Å². The van der Waals surface area contributed by atoms with Gasteiger partial charge in [-0.15, -0.1) is 0 Å². The van der Waals surface area contributed by atoms with Gasteiger partial charge in [0, 0.05) is 11.3 Å². The van der Waals surface area contributed by atoms with E-state index < -0.39 is 0 Å². The second kappa shape index (κ2) is 4.30. The predicted molar refractivity (Wildman–Crippen MR) is 75.9 cm³/mol. The van der Waals surface area contributed by atoms with Crippen molar-refractivity contribution in [3.8, 4) is 0 Å². The van der Waals surface area contributed by atoms with Crippen LogP contribution in [0.3, 0.4) is 0 Å². The Kier molecular flexibility index (Phi) is 2.77. The Morgan fingerprint density at radius 2 is 1.78 bits per heavy atom. The zero-order valence-corrected chi connectivity index (χ0v) is 11.0. The number of halogens is 2. The van der Waals surface area contributed by atoms with Crippen molar-refractivity contribution < 1.29 is 0 Å². The van der Waals surface area contributed by atoms with Crippen LogP contribution in [-0.4, -0.2) is 5.84 Å². The van der Waals surface area contributed by atoms with E-state index in [9.17, 15) is 0 Å². The van der Waals surface area contributed by atoms with Crippen LogP contribution in [0, 0.1) is 5.41 Å². The van der Waals surface area contributed by atoms with Gasteiger partial charge in [-0.3, -0.25) is 5.41 Å². The molecule has 2 aromatic rings. The highest BCUT2D eigenvalue weighted by molar-refractivity contribution is 6.42. The van der Waals surface area contributed by atoms with Crippen LogP contribution in [0.2, 0.25) is 10.0 Å². The van der Waals surface area contributed by atoms with Crippen LogP contribution >= 0.6 is 23.2 Å². The highest BCUT2D eigenvalue weighted by Crippen LogP contribution is 2.32. The summed E-state index contributed by atoms with van der Waals surface area (Å²) in [6, 6.07) is 13.4. The fourth-order valence-corrected chi connectivity index (χ4v) is 2.45. The van der Waals surface area contributed by atoms with E-state index in [0.717, 1.165) is 16.8 Å². The molecule has 1 aliphatic rings. The molecule has 0 spiro atoms. The zero-order chi connectivity index (χ0) is 12.7. The summed E-state index contributed by atoms with van der Waals surface area (Å²) in [4.78, 5) is 1.92. The van der Waals surface area contributed by atoms with Crippen LogP contribution in [-0.2, 0) is 6.54 Å². The van der Waals surface area contributed by atoms with Gasteiger partial charge in [-0.2, -0.15) is 0 Å². The molecule has 0 unspecified atom stereocenters. The van der Waals surface area contributed by atoms with Gasteiger partial charge < -0.3 is 4.90 Å².